The molecule has 10 nitrogen and oxygen atoms in total. The number of carbonyl (C=O) groups is 5. The molecule has 0 saturated heterocycles. The highest BCUT2D eigenvalue weighted by molar-refractivity contribution is 5.87. The summed E-state index contributed by atoms with van der Waals surface area (Å²) in [4.78, 5) is 63.7. The third-order valence-electron chi connectivity index (χ3n) is 10.1. The fourth-order valence-corrected chi connectivity index (χ4v) is 8.16. The minimum atomic E-state index is -1.06. The molecular weight excluding hydrogens is 604 g/mol. The predicted octanol–water partition coefficient (Wildman–Crippen LogP) is 5.69. The Morgan fingerprint density at radius 2 is 1.40 bits per heavy atom. The van der Waals surface area contributed by atoms with Gasteiger partial charge in [-0.25, -0.2) is 4.79 Å². The van der Waals surface area contributed by atoms with Crippen LogP contribution in [0.4, 0.5) is 0 Å². The second-order valence-corrected chi connectivity index (χ2v) is 13.7. The number of hydrogen-bond donors (Lipinski definition) is 0. The van der Waals surface area contributed by atoms with Gasteiger partial charge in [-0.2, -0.15) is 0 Å². The van der Waals surface area contributed by atoms with Crippen LogP contribution in [-0.4, -0.2) is 60.4 Å². The molecule has 254 valence electrons. The van der Waals surface area contributed by atoms with Crippen LogP contribution in [0.2, 0.25) is 0 Å². The summed E-state index contributed by atoms with van der Waals surface area (Å²) < 4.78 is 30.1. The lowest BCUT2D eigenvalue weighted by Crippen LogP contribution is -2.64. The van der Waals surface area contributed by atoms with Gasteiger partial charge in [0.2, 0.25) is 0 Å². The lowest BCUT2D eigenvalue weighted by Gasteiger charge is -2.60. The SMILES string of the molecule is C=C1C(OC(=O)/C=C/c2ccccc2)CCC2(C)C(OC(C)=O)C(OC(C)=O)C3=C(C)C(OC(C)=O)CC(C(OC(C)=O)C12)C3(C)C. The largest absolute Gasteiger partial charge is 0.462 e. The third kappa shape index (κ3) is 7.36. The van der Waals surface area contributed by atoms with Crippen molar-refractivity contribution < 1.29 is 47.7 Å². The molecule has 0 radical (unpaired) electrons. The van der Waals surface area contributed by atoms with Crippen molar-refractivity contribution >= 4 is 35.9 Å². The molecule has 2 fully saturated rings. The Morgan fingerprint density at radius 3 is 1.98 bits per heavy atom. The molecule has 1 aromatic carbocycles. The summed E-state index contributed by atoms with van der Waals surface area (Å²) in [5.74, 6) is -3.98. The molecule has 0 heterocycles. The van der Waals surface area contributed by atoms with Crippen molar-refractivity contribution in [3.8, 4) is 0 Å². The average molecular weight is 651 g/mol. The Kier molecular flexibility index (Phi) is 10.5. The average Bonchev–Trinajstić information content (AvgIpc) is 2.96. The molecule has 3 aliphatic rings. The molecule has 8 unspecified atom stereocenters. The Bertz CT molecular complexity index is 1490. The molecule has 2 bridgehead atoms. The Labute approximate surface area is 276 Å². The zero-order chi connectivity index (χ0) is 34.8. The van der Waals surface area contributed by atoms with Gasteiger partial charge in [0.1, 0.15) is 24.4 Å². The van der Waals surface area contributed by atoms with Crippen LogP contribution in [0, 0.1) is 22.7 Å². The number of esters is 5. The van der Waals surface area contributed by atoms with E-state index in [0.29, 0.717) is 36.0 Å². The second kappa shape index (κ2) is 13.9. The molecule has 47 heavy (non-hydrogen) atoms. The molecule has 0 spiro atoms. The van der Waals surface area contributed by atoms with E-state index in [0.717, 1.165) is 5.56 Å². The number of rotatable bonds is 7. The Morgan fingerprint density at radius 1 is 0.809 bits per heavy atom. The lowest BCUT2D eigenvalue weighted by atomic mass is 9.49. The van der Waals surface area contributed by atoms with Crippen molar-refractivity contribution in [1.82, 2.24) is 0 Å². The highest BCUT2D eigenvalue weighted by atomic mass is 16.6. The van der Waals surface area contributed by atoms with Crippen molar-refractivity contribution in [3.05, 3.63) is 65.3 Å². The van der Waals surface area contributed by atoms with Crippen LogP contribution >= 0.6 is 0 Å². The van der Waals surface area contributed by atoms with Gasteiger partial charge in [-0.3, -0.25) is 19.2 Å². The molecule has 4 rings (SSSR count). The van der Waals surface area contributed by atoms with Crippen LogP contribution in [0.1, 0.15) is 80.2 Å². The number of hydrogen-bond acceptors (Lipinski definition) is 10. The van der Waals surface area contributed by atoms with Gasteiger partial charge >= 0.3 is 29.8 Å². The number of ether oxygens (including phenoxy) is 5. The van der Waals surface area contributed by atoms with E-state index in [1.54, 1.807) is 6.08 Å². The van der Waals surface area contributed by atoms with E-state index in [4.69, 9.17) is 23.7 Å². The van der Waals surface area contributed by atoms with Gasteiger partial charge in [-0.05, 0) is 60.0 Å². The molecule has 3 aliphatic carbocycles. The lowest BCUT2D eigenvalue weighted by molar-refractivity contribution is -0.204. The number of benzene rings is 1. The van der Waals surface area contributed by atoms with Gasteiger partial charge in [-0.1, -0.05) is 57.7 Å². The van der Waals surface area contributed by atoms with E-state index in [1.165, 1.54) is 33.8 Å². The molecule has 0 amide bonds. The molecule has 10 heteroatoms. The molecule has 1 aromatic rings. The van der Waals surface area contributed by atoms with Crippen LogP contribution in [0.5, 0.6) is 0 Å². The zero-order valence-electron chi connectivity index (χ0n) is 28.5. The summed E-state index contributed by atoms with van der Waals surface area (Å²) in [5, 5.41) is 0. The van der Waals surface area contributed by atoms with E-state index in [9.17, 15) is 24.0 Å². The summed E-state index contributed by atoms with van der Waals surface area (Å²) in [6, 6.07) is 9.33. The van der Waals surface area contributed by atoms with Crippen LogP contribution < -0.4 is 0 Å². The standard InChI is InChI=1S/C37H46O10/c1-20-28(47-30(42)16-15-26-13-11-10-12-14-26)17-18-37(9)32(20)33(44-23(4)39)27-19-29(43-22(3)38)21(2)31(36(27,7)8)34(45-24(5)40)35(37)46-25(6)41/h10-16,27-29,32-35H,1,17-19H2,2-9H3/b16-15+. The number of carbonyl (C=O) groups excluding carboxylic acids is 5. The third-order valence-corrected chi connectivity index (χ3v) is 10.1. The maximum atomic E-state index is 13.1. The highest BCUT2D eigenvalue weighted by Gasteiger charge is 2.64. The van der Waals surface area contributed by atoms with Gasteiger partial charge in [0, 0.05) is 51.0 Å². The molecule has 8 atom stereocenters. The van der Waals surface area contributed by atoms with Crippen LogP contribution in [0.15, 0.2) is 59.7 Å². The minimum Gasteiger partial charge on any atom is -0.462 e. The minimum absolute atomic E-state index is 0.301. The molecule has 0 aliphatic heterocycles. The fourth-order valence-electron chi connectivity index (χ4n) is 8.16. The number of fused-ring (bicyclic) bond motifs is 3. The van der Waals surface area contributed by atoms with Crippen molar-refractivity contribution in [3.63, 3.8) is 0 Å². The fraction of sp³-hybridized carbons (Fsp3) is 0.541. The maximum Gasteiger partial charge on any atom is 0.331 e. The predicted molar refractivity (Wildman–Crippen MR) is 172 cm³/mol. The van der Waals surface area contributed by atoms with Crippen LogP contribution in [0.25, 0.3) is 6.08 Å². The summed E-state index contributed by atoms with van der Waals surface area (Å²) in [6.45, 7) is 17.3. The molecule has 2 saturated carbocycles. The summed E-state index contributed by atoms with van der Waals surface area (Å²) in [7, 11) is 0. The van der Waals surface area contributed by atoms with Gasteiger partial charge < -0.3 is 23.7 Å². The first kappa shape index (κ1) is 35.6. The zero-order valence-corrected chi connectivity index (χ0v) is 28.5. The Balaban J connectivity index is 1.90. The smallest absolute Gasteiger partial charge is 0.331 e. The molecular formula is C37H46O10. The first-order valence-electron chi connectivity index (χ1n) is 16.0. The van der Waals surface area contributed by atoms with Gasteiger partial charge in [-0.15, -0.1) is 0 Å². The van der Waals surface area contributed by atoms with E-state index >= 15 is 0 Å². The van der Waals surface area contributed by atoms with E-state index in [-0.39, 0.29) is 0 Å². The van der Waals surface area contributed by atoms with Crippen molar-refractivity contribution in [2.45, 2.75) is 105 Å². The summed E-state index contributed by atoms with van der Waals surface area (Å²) in [6.07, 6.45) is -0.472. The first-order valence-corrected chi connectivity index (χ1v) is 16.0. The van der Waals surface area contributed by atoms with Crippen LogP contribution in [-0.2, 0) is 47.7 Å². The first-order chi connectivity index (χ1) is 22.0. The molecule has 0 N–H and O–H groups in total. The van der Waals surface area contributed by atoms with Gasteiger partial charge in [0.25, 0.3) is 0 Å². The van der Waals surface area contributed by atoms with Gasteiger partial charge in [0.15, 0.2) is 6.10 Å². The van der Waals surface area contributed by atoms with E-state index in [1.807, 2.05) is 58.0 Å². The topological polar surface area (TPSA) is 132 Å². The van der Waals surface area contributed by atoms with E-state index in [2.05, 4.69) is 6.58 Å². The maximum absolute atomic E-state index is 13.1. The van der Waals surface area contributed by atoms with Crippen molar-refractivity contribution in [1.29, 1.82) is 0 Å². The van der Waals surface area contributed by atoms with Crippen molar-refractivity contribution in [2.24, 2.45) is 22.7 Å². The summed E-state index contributed by atoms with van der Waals surface area (Å²) >= 11 is 0. The second-order valence-electron chi connectivity index (χ2n) is 13.7. The van der Waals surface area contributed by atoms with Crippen molar-refractivity contribution in [2.75, 3.05) is 0 Å². The quantitative estimate of drug-likeness (QED) is 0.157. The van der Waals surface area contributed by atoms with Crippen LogP contribution in [0.3, 0.4) is 0 Å². The molecule has 0 aromatic heterocycles. The Hall–Kier alpha value is -4.21. The summed E-state index contributed by atoms with van der Waals surface area (Å²) in [5.41, 5.74) is 0.822. The highest BCUT2D eigenvalue weighted by Crippen LogP contribution is 2.61. The normalized spacial score (nSPS) is 31.5. The monoisotopic (exact) mass is 650 g/mol. The van der Waals surface area contributed by atoms with E-state index < -0.39 is 83.0 Å². The van der Waals surface area contributed by atoms with Gasteiger partial charge in [0.05, 0.1) is 0 Å².